The molecule has 0 aliphatic rings. The van der Waals surface area contributed by atoms with Gasteiger partial charge in [-0.05, 0) is 18.7 Å². The van der Waals surface area contributed by atoms with Crippen LogP contribution in [0.4, 0.5) is 0 Å². The highest BCUT2D eigenvalue weighted by Gasteiger charge is 2.00. The molecule has 66 valence electrons. The molecule has 1 nitrogen and oxygen atoms in total. The van der Waals surface area contributed by atoms with E-state index < -0.39 is 0 Å². The van der Waals surface area contributed by atoms with E-state index in [4.69, 9.17) is 0 Å². The molecule has 1 atom stereocenters. The van der Waals surface area contributed by atoms with Gasteiger partial charge in [-0.25, -0.2) is 0 Å². The van der Waals surface area contributed by atoms with E-state index in [1.54, 1.807) is 0 Å². The summed E-state index contributed by atoms with van der Waals surface area (Å²) in [6.45, 7) is 9.25. The Labute approximate surface area is 74.6 Å². The van der Waals surface area contributed by atoms with Crippen molar-refractivity contribution in [3.05, 3.63) is 12.7 Å². The SMILES string of the molecule is C=CC(CSCC)NCCC. The molecule has 0 saturated heterocycles. The van der Waals surface area contributed by atoms with Gasteiger partial charge in [0.1, 0.15) is 0 Å². The largest absolute Gasteiger partial charge is 0.310 e. The second kappa shape index (κ2) is 8.15. The lowest BCUT2D eigenvalue weighted by Crippen LogP contribution is -2.29. The van der Waals surface area contributed by atoms with Crippen molar-refractivity contribution in [3.8, 4) is 0 Å². The van der Waals surface area contributed by atoms with Crippen LogP contribution in [0.15, 0.2) is 12.7 Å². The molecule has 0 amide bonds. The van der Waals surface area contributed by atoms with Crippen LogP contribution in [0.25, 0.3) is 0 Å². The molecule has 0 fully saturated rings. The summed E-state index contributed by atoms with van der Waals surface area (Å²) in [6, 6.07) is 0.500. The number of thioether (sulfide) groups is 1. The third-order valence-corrected chi connectivity index (χ3v) is 2.45. The van der Waals surface area contributed by atoms with Crippen LogP contribution < -0.4 is 5.32 Å². The van der Waals surface area contributed by atoms with E-state index in [1.165, 1.54) is 12.2 Å². The van der Waals surface area contributed by atoms with Gasteiger partial charge in [-0.1, -0.05) is 19.9 Å². The summed E-state index contributed by atoms with van der Waals surface area (Å²) in [5, 5.41) is 3.42. The summed E-state index contributed by atoms with van der Waals surface area (Å²) in [7, 11) is 0. The van der Waals surface area contributed by atoms with Crippen LogP contribution in [-0.2, 0) is 0 Å². The molecule has 11 heavy (non-hydrogen) atoms. The zero-order chi connectivity index (χ0) is 8.53. The fraction of sp³-hybridized carbons (Fsp3) is 0.778. The van der Waals surface area contributed by atoms with Gasteiger partial charge in [0.25, 0.3) is 0 Å². The fourth-order valence-corrected chi connectivity index (χ4v) is 1.53. The molecule has 0 rings (SSSR count). The van der Waals surface area contributed by atoms with Crippen molar-refractivity contribution in [2.24, 2.45) is 0 Å². The molecule has 0 saturated carbocycles. The van der Waals surface area contributed by atoms with Crippen LogP contribution in [0.2, 0.25) is 0 Å². The predicted molar refractivity (Wildman–Crippen MR) is 55.3 cm³/mol. The van der Waals surface area contributed by atoms with Gasteiger partial charge in [-0.15, -0.1) is 6.58 Å². The number of hydrogen-bond acceptors (Lipinski definition) is 2. The summed E-state index contributed by atoms with van der Waals surface area (Å²) < 4.78 is 0. The Kier molecular flexibility index (Phi) is 8.19. The lowest BCUT2D eigenvalue weighted by atomic mass is 10.3. The molecule has 2 heteroatoms. The lowest BCUT2D eigenvalue weighted by Gasteiger charge is -2.12. The van der Waals surface area contributed by atoms with Crippen LogP contribution in [0.5, 0.6) is 0 Å². The Bertz CT molecular complexity index is 85.6. The molecule has 0 aromatic heterocycles. The van der Waals surface area contributed by atoms with Crippen LogP contribution >= 0.6 is 11.8 Å². The standard InChI is InChI=1S/C9H19NS/c1-4-7-10-9(5-2)8-11-6-3/h5,9-10H,2,4,6-8H2,1,3H3. The van der Waals surface area contributed by atoms with E-state index in [1.807, 2.05) is 17.8 Å². The molecule has 0 aliphatic carbocycles. The summed E-state index contributed by atoms with van der Waals surface area (Å²) in [5.41, 5.74) is 0. The smallest absolute Gasteiger partial charge is 0.0338 e. The van der Waals surface area contributed by atoms with Gasteiger partial charge in [-0.3, -0.25) is 0 Å². The second-order valence-corrected chi connectivity index (χ2v) is 3.77. The molecule has 1 N–H and O–H groups in total. The quantitative estimate of drug-likeness (QED) is 0.593. The molecular formula is C9H19NS. The second-order valence-electron chi connectivity index (χ2n) is 2.46. The van der Waals surface area contributed by atoms with Crippen molar-refractivity contribution < 1.29 is 0 Å². The summed E-state index contributed by atoms with van der Waals surface area (Å²) >= 11 is 1.96. The molecule has 0 bridgehead atoms. The minimum absolute atomic E-state index is 0.500. The number of rotatable bonds is 7. The fourth-order valence-electron chi connectivity index (χ4n) is 0.785. The maximum atomic E-state index is 3.79. The lowest BCUT2D eigenvalue weighted by molar-refractivity contribution is 0.631. The average molecular weight is 173 g/mol. The van der Waals surface area contributed by atoms with E-state index in [9.17, 15) is 0 Å². The monoisotopic (exact) mass is 173 g/mol. The third kappa shape index (κ3) is 6.45. The first-order chi connectivity index (χ1) is 5.35. The minimum Gasteiger partial charge on any atom is -0.310 e. The summed E-state index contributed by atoms with van der Waals surface area (Å²) in [4.78, 5) is 0. The Balaban J connectivity index is 3.33. The first-order valence-electron chi connectivity index (χ1n) is 4.28. The van der Waals surface area contributed by atoms with Gasteiger partial charge in [0, 0.05) is 11.8 Å². The van der Waals surface area contributed by atoms with Crippen molar-refractivity contribution >= 4 is 11.8 Å². The first kappa shape index (κ1) is 11.1. The van der Waals surface area contributed by atoms with Crippen LogP contribution in [-0.4, -0.2) is 24.1 Å². The van der Waals surface area contributed by atoms with Gasteiger partial charge in [0.05, 0.1) is 0 Å². The molecule has 0 aromatic rings. The molecule has 0 radical (unpaired) electrons. The van der Waals surface area contributed by atoms with E-state index in [0.29, 0.717) is 6.04 Å². The third-order valence-electron chi connectivity index (χ3n) is 1.44. The number of nitrogens with one attached hydrogen (secondary N) is 1. The molecule has 0 spiro atoms. The highest BCUT2D eigenvalue weighted by molar-refractivity contribution is 7.99. The van der Waals surface area contributed by atoms with Crippen molar-refractivity contribution in [1.29, 1.82) is 0 Å². The molecular weight excluding hydrogens is 154 g/mol. The molecule has 0 heterocycles. The van der Waals surface area contributed by atoms with Crippen LogP contribution in [0.1, 0.15) is 20.3 Å². The minimum atomic E-state index is 0.500. The highest BCUT2D eigenvalue weighted by atomic mass is 32.2. The predicted octanol–water partition coefficient (Wildman–Crippen LogP) is 2.29. The van der Waals surface area contributed by atoms with Gasteiger partial charge >= 0.3 is 0 Å². The van der Waals surface area contributed by atoms with E-state index in [2.05, 4.69) is 25.7 Å². The summed E-state index contributed by atoms with van der Waals surface area (Å²) in [6.07, 6.45) is 3.19. The average Bonchev–Trinajstić information content (AvgIpc) is 2.05. The Morgan fingerprint density at radius 3 is 2.73 bits per heavy atom. The topological polar surface area (TPSA) is 12.0 Å². The van der Waals surface area contributed by atoms with Crippen molar-refractivity contribution in [3.63, 3.8) is 0 Å². The maximum absolute atomic E-state index is 3.79. The summed E-state index contributed by atoms with van der Waals surface area (Å²) in [5.74, 6) is 2.35. The Morgan fingerprint density at radius 1 is 1.55 bits per heavy atom. The van der Waals surface area contributed by atoms with E-state index >= 15 is 0 Å². The first-order valence-corrected chi connectivity index (χ1v) is 5.44. The van der Waals surface area contributed by atoms with Gasteiger partial charge < -0.3 is 5.32 Å². The van der Waals surface area contributed by atoms with Gasteiger partial charge in [0.15, 0.2) is 0 Å². The number of hydrogen-bond donors (Lipinski definition) is 1. The van der Waals surface area contributed by atoms with Gasteiger partial charge in [0.2, 0.25) is 0 Å². The molecule has 1 unspecified atom stereocenters. The maximum Gasteiger partial charge on any atom is 0.0338 e. The Morgan fingerprint density at radius 2 is 2.27 bits per heavy atom. The zero-order valence-electron chi connectivity index (χ0n) is 7.60. The van der Waals surface area contributed by atoms with Crippen molar-refractivity contribution in [1.82, 2.24) is 5.32 Å². The van der Waals surface area contributed by atoms with Gasteiger partial charge in [-0.2, -0.15) is 11.8 Å². The van der Waals surface area contributed by atoms with Crippen molar-refractivity contribution in [2.75, 3.05) is 18.1 Å². The Hall–Kier alpha value is 0.0500. The van der Waals surface area contributed by atoms with Crippen LogP contribution in [0.3, 0.4) is 0 Å². The normalized spacial score (nSPS) is 12.9. The van der Waals surface area contributed by atoms with E-state index in [-0.39, 0.29) is 0 Å². The van der Waals surface area contributed by atoms with E-state index in [0.717, 1.165) is 12.3 Å². The van der Waals surface area contributed by atoms with Crippen molar-refractivity contribution in [2.45, 2.75) is 26.3 Å². The molecule has 0 aliphatic heterocycles. The molecule has 0 aromatic carbocycles. The zero-order valence-corrected chi connectivity index (χ0v) is 8.41. The highest BCUT2D eigenvalue weighted by Crippen LogP contribution is 2.02. The van der Waals surface area contributed by atoms with Crippen LogP contribution in [0, 0.1) is 0 Å².